The molecule has 0 bridgehead atoms. The number of carboxylic acids is 1. The Kier molecular flexibility index (Phi) is 10.2. The number of nitrogens with one attached hydrogen (secondary N) is 1. The Morgan fingerprint density at radius 2 is 1.59 bits per heavy atom. The number of aromatic carboxylic acids is 1. The lowest BCUT2D eigenvalue weighted by Gasteiger charge is -2.12. The van der Waals surface area contributed by atoms with Crippen molar-refractivity contribution < 1.29 is 29.0 Å². The summed E-state index contributed by atoms with van der Waals surface area (Å²) in [6.45, 7) is 2.51. The van der Waals surface area contributed by atoms with Crippen LogP contribution in [0.5, 0.6) is 11.5 Å². The molecule has 172 valence electrons. The fraction of sp³-hybridized carbons (Fsp3) is 0.400. The number of methoxy groups -OCH3 is 1. The largest absolute Gasteiger partial charge is 0.493 e. The Bertz CT molecular complexity index is 924. The maximum atomic E-state index is 12.5. The van der Waals surface area contributed by atoms with Gasteiger partial charge in [-0.05, 0) is 36.2 Å². The molecule has 0 heterocycles. The van der Waals surface area contributed by atoms with E-state index in [-0.39, 0.29) is 22.8 Å². The van der Waals surface area contributed by atoms with E-state index in [0.717, 1.165) is 24.8 Å². The van der Waals surface area contributed by atoms with Gasteiger partial charge in [-0.25, -0.2) is 9.59 Å². The average molecular weight is 442 g/mol. The predicted octanol–water partition coefficient (Wildman–Crippen LogP) is 4.98. The quantitative estimate of drug-likeness (QED) is 0.258. The Morgan fingerprint density at radius 1 is 0.906 bits per heavy atom. The highest BCUT2D eigenvalue weighted by Crippen LogP contribution is 2.29. The van der Waals surface area contributed by atoms with Crippen LogP contribution in [0.1, 0.15) is 78.1 Å². The van der Waals surface area contributed by atoms with Gasteiger partial charge in [0.25, 0.3) is 0 Å². The number of benzene rings is 2. The van der Waals surface area contributed by atoms with Gasteiger partial charge in [-0.2, -0.15) is 0 Å². The van der Waals surface area contributed by atoms with Crippen molar-refractivity contribution in [2.24, 2.45) is 0 Å². The lowest BCUT2D eigenvalue weighted by molar-refractivity contribution is -0.121. The smallest absolute Gasteiger partial charge is 0.344 e. The lowest BCUT2D eigenvalue weighted by atomic mass is 10.1. The molecule has 0 atom stereocenters. The molecule has 0 fully saturated rings. The van der Waals surface area contributed by atoms with Crippen LogP contribution in [0, 0.1) is 0 Å². The molecule has 0 saturated carbocycles. The molecular formula is C25H31NO6. The van der Waals surface area contributed by atoms with Crippen LogP contribution in [0.15, 0.2) is 42.5 Å². The molecule has 0 radical (unpaired) electrons. The lowest BCUT2D eigenvalue weighted by Crippen LogP contribution is -2.22. The highest BCUT2D eigenvalue weighted by atomic mass is 16.6. The van der Waals surface area contributed by atoms with Crippen molar-refractivity contribution in [2.75, 3.05) is 7.11 Å². The normalized spacial score (nSPS) is 10.4. The zero-order valence-corrected chi connectivity index (χ0v) is 18.7. The SMILES string of the molecule is CCCCCCCCC(=O)NCc1ccc(OC(=O)c2ccccc2C(=O)O)c(OC)c1. The van der Waals surface area contributed by atoms with Crippen LogP contribution in [-0.2, 0) is 11.3 Å². The van der Waals surface area contributed by atoms with E-state index in [0.29, 0.717) is 18.7 Å². The van der Waals surface area contributed by atoms with Crippen molar-refractivity contribution in [2.45, 2.75) is 58.4 Å². The molecule has 7 nitrogen and oxygen atoms in total. The molecule has 2 aromatic rings. The van der Waals surface area contributed by atoms with Crippen LogP contribution in [-0.4, -0.2) is 30.1 Å². The maximum Gasteiger partial charge on any atom is 0.344 e. The molecule has 2 rings (SSSR count). The van der Waals surface area contributed by atoms with Gasteiger partial charge in [-0.15, -0.1) is 0 Å². The summed E-state index contributed by atoms with van der Waals surface area (Å²) in [5, 5.41) is 12.1. The number of ether oxygens (including phenoxy) is 2. The van der Waals surface area contributed by atoms with Gasteiger partial charge in [0.15, 0.2) is 11.5 Å². The average Bonchev–Trinajstić information content (AvgIpc) is 2.80. The molecule has 1 amide bonds. The summed E-state index contributed by atoms with van der Waals surface area (Å²) in [6.07, 6.45) is 7.27. The third kappa shape index (κ3) is 7.72. The molecule has 0 unspecified atom stereocenters. The van der Waals surface area contributed by atoms with E-state index in [1.165, 1.54) is 44.6 Å². The minimum atomic E-state index is -1.21. The molecule has 0 aromatic heterocycles. The summed E-state index contributed by atoms with van der Waals surface area (Å²) >= 11 is 0. The zero-order chi connectivity index (χ0) is 23.3. The standard InChI is InChI=1S/C25H31NO6/c1-3-4-5-6-7-8-13-23(27)26-17-18-14-15-21(22(16-18)31-2)32-25(30)20-12-10-9-11-19(20)24(28)29/h9-12,14-16H,3-8,13,17H2,1-2H3,(H,26,27)(H,28,29). The summed E-state index contributed by atoms with van der Waals surface area (Å²) < 4.78 is 10.7. The molecule has 7 heteroatoms. The van der Waals surface area contributed by atoms with Crippen molar-refractivity contribution in [1.82, 2.24) is 5.32 Å². The zero-order valence-electron chi connectivity index (χ0n) is 18.7. The van der Waals surface area contributed by atoms with Crippen LogP contribution < -0.4 is 14.8 Å². The van der Waals surface area contributed by atoms with Gasteiger partial charge in [0, 0.05) is 13.0 Å². The molecule has 0 aliphatic heterocycles. The number of unbranched alkanes of at least 4 members (excludes halogenated alkanes) is 5. The van der Waals surface area contributed by atoms with Gasteiger partial charge in [0.1, 0.15) is 0 Å². The van der Waals surface area contributed by atoms with Crippen LogP contribution >= 0.6 is 0 Å². The molecule has 2 aromatic carbocycles. The summed E-state index contributed by atoms with van der Waals surface area (Å²) in [4.78, 5) is 35.9. The fourth-order valence-electron chi connectivity index (χ4n) is 3.26. The van der Waals surface area contributed by atoms with Gasteiger partial charge in [0.05, 0.1) is 18.2 Å². The van der Waals surface area contributed by atoms with Gasteiger partial charge in [-0.1, -0.05) is 57.2 Å². The second-order valence-corrected chi connectivity index (χ2v) is 7.52. The van der Waals surface area contributed by atoms with Crippen molar-refractivity contribution in [1.29, 1.82) is 0 Å². The van der Waals surface area contributed by atoms with E-state index in [1.807, 2.05) is 0 Å². The molecule has 2 N–H and O–H groups in total. The van der Waals surface area contributed by atoms with Gasteiger partial charge in [-0.3, -0.25) is 4.79 Å². The minimum absolute atomic E-state index is 0.000223. The first-order valence-electron chi connectivity index (χ1n) is 10.9. The molecule has 0 aliphatic rings. The fourth-order valence-corrected chi connectivity index (χ4v) is 3.26. The van der Waals surface area contributed by atoms with Gasteiger partial charge >= 0.3 is 11.9 Å². The summed E-state index contributed by atoms with van der Waals surface area (Å²) in [5.41, 5.74) is 0.609. The molecule has 0 saturated heterocycles. The van der Waals surface area contributed by atoms with Crippen LogP contribution in [0.3, 0.4) is 0 Å². The third-order valence-electron chi connectivity index (χ3n) is 5.06. The van der Waals surface area contributed by atoms with Gasteiger partial charge in [0.2, 0.25) is 5.91 Å². The number of hydrogen-bond donors (Lipinski definition) is 2. The van der Waals surface area contributed by atoms with Crippen molar-refractivity contribution in [3.8, 4) is 11.5 Å². The van der Waals surface area contributed by atoms with E-state index >= 15 is 0 Å². The number of carbonyl (C=O) groups is 3. The van der Waals surface area contributed by atoms with E-state index in [2.05, 4.69) is 12.2 Å². The van der Waals surface area contributed by atoms with E-state index in [4.69, 9.17) is 9.47 Å². The Balaban J connectivity index is 1.92. The van der Waals surface area contributed by atoms with Crippen molar-refractivity contribution >= 4 is 17.8 Å². The summed E-state index contributed by atoms with van der Waals surface area (Å²) in [5.74, 6) is -1.52. The van der Waals surface area contributed by atoms with Crippen LogP contribution in [0.25, 0.3) is 0 Å². The number of rotatable bonds is 13. The highest BCUT2D eigenvalue weighted by Gasteiger charge is 2.19. The minimum Gasteiger partial charge on any atom is -0.493 e. The monoisotopic (exact) mass is 441 g/mol. The third-order valence-corrected chi connectivity index (χ3v) is 5.06. The summed E-state index contributed by atoms with van der Waals surface area (Å²) in [7, 11) is 1.44. The molecule has 0 aliphatic carbocycles. The Morgan fingerprint density at radius 3 is 2.28 bits per heavy atom. The topological polar surface area (TPSA) is 102 Å². The second-order valence-electron chi connectivity index (χ2n) is 7.52. The van der Waals surface area contributed by atoms with Gasteiger partial charge < -0.3 is 19.9 Å². The highest BCUT2D eigenvalue weighted by molar-refractivity contribution is 6.03. The second kappa shape index (κ2) is 13.1. The number of amides is 1. The van der Waals surface area contributed by atoms with E-state index < -0.39 is 11.9 Å². The molecule has 32 heavy (non-hydrogen) atoms. The first kappa shape index (κ1) is 24.9. The Labute approximate surface area is 188 Å². The van der Waals surface area contributed by atoms with E-state index in [9.17, 15) is 19.5 Å². The molecular weight excluding hydrogens is 410 g/mol. The number of hydrogen-bond acceptors (Lipinski definition) is 5. The first-order valence-corrected chi connectivity index (χ1v) is 10.9. The predicted molar refractivity (Wildman–Crippen MR) is 121 cm³/mol. The Hall–Kier alpha value is -3.35. The molecule has 0 spiro atoms. The van der Waals surface area contributed by atoms with Crippen LogP contribution in [0.4, 0.5) is 0 Å². The summed E-state index contributed by atoms with van der Waals surface area (Å²) in [6, 6.07) is 10.8. The first-order chi connectivity index (χ1) is 15.5. The number of carboxylic acid groups (broad SMARTS) is 1. The maximum absolute atomic E-state index is 12.5. The van der Waals surface area contributed by atoms with Crippen molar-refractivity contribution in [3.05, 3.63) is 59.2 Å². The van der Waals surface area contributed by atoms with E-state index in [1.54, 1.807) is 24.3 Å². The van der Waals surface area contributed by atoms with Crippen molar-refractivity contribution in [3.63, 3.8) is 0 Å². The number of carbonyl (C=O) groups excluding carboxylic acids is 2. The number of esters is 1. The van der Waals surface area contributed by atoms with Crippen LogP contribution in [0.2, 0.25) is 0 Å².